The summed E-state index contributed by atoms with van der Waals surface area (Å²) in [5.74, 6) is -0.115. The van der Waals surface area contributed by atoms with Gasteiger partial charge < -0.3 is 15.1 Å². The van der Waals surface area contributed by atoms with Crippen molar-refractivity contribution in [1.29, 1.82) is 0 Å². The molecule has 5 nitrogen and oxygen atoms in total. The quantitative estimate of drug-likeness (QED) is 0.693. The Morgan fingerprint density at radius 2 is 1.88 bits per heavy atom. The Kier molecular flexibility index (Phi) is 4.84. The van der Waals surface area contributed by atoms with Gasteiger partial charge in [-0.1, -0.05) is 25.1 Å². The number of benzene rings is 2. The molecule has 0 bridgehead atoms. The molecule has 128 valence electrons. The van der Waals surface area contributed by atoms with Crippen molar-refractivity contribution in [3.8, 4) is 0 Å². The standard InChI is InChI=1S/C20H20N2O3/c1-3-14-7-8-18-15(10-20(24)25-19(18)9-14)12-21-16-5-4-6-17(11-16)22-13(2)23/h4-11,21H,3,12H2,1-2H3,(H,22,23). The molecule has 25 heavy (non-hydrogen) atoms. The first kappa shape index (κ1) is 16.8. The van der Waals surface area contributed by atoms with E-state index in [1.54, 1.807) is 0 Å². The topological polar surface area (TPSA) is 71.3 Å². The van der Waals surface area contributed by atoms with Gasteiger partial charge in [-0.25, -0.2) is 4.79 Å². The van der Waals surface area contributed by atoms with E-state index < -0.39 is 0 Å². The van der Waals surface area contributed by atoms with E-state index in [9.17, 15) is 9.59 Å². The lowest BCUT2D eigenvalue weighted by Crippen LogP contribution is -2.08. The molecule has 0 spiro atoms. The lowest BCUT2D eigenvalue weighted by atomic mass is 10.1. The Morgan fingerprint density at radius 1 is 1.08 bits per heavy atom. The molecule has 1 aromatic heterocycles. The third kappa shape index (κ3) is 4.07. The van der Waals surface area contributed by atoms with Gasteiger partial charge in [0.2, 0.25) is 5.91 Å². The van der Waals surface area contributed by atoms with Crippen LogP contribution in [0.1, 0.15) is 25.0 Å². The second-order valence-corrected chi connectivity index (χ2v) is 5.89. The van der Waals surface area contributed by atoms with Gasteiger partial charge in [-0.3, -0.25) is 4.79 Å². The fourth-order valence-corrected chi connectivity index (χ4v) is 2.75. The highest BCUT2D eigenvalue weighted by Crippen LogP contribution is 2.21. The van der Waals surface area contributed by atoms with E-state index in [1.807, 2.05) is 42.5 Å². The number of aryl methyl sites for hydroxylation is 1. The Bertz CT molecular complexity index is 976. The first-order valence-electron chi connectivity index (χ1n) is 8.22. The molecular formula is C20H20N2O3. The second-order valence-electron chi connectivity index (χ2n) is 5.89. The van der Waals surface area contributed by atoms with Crippen molar-refractivity contribution in [3.63, 3.8) is 0 Å². The lowest BCUT2D eigenvalue weighted by molar-refractivity contribution is -0.114. The van der Waals surface area contributed by atoms with Crippen molar-refractivity contribution in [2.75, 3.05) is 10.6 Å². The zero-order valence-electron chi connectivity index (χ0n) is 14.3. The smallest absolute Gasteiger partial charge is 0.336 e. The number of carbonyl (C=O) groups is 1. The van der Waals surface area contributed by atoms with E-state index in [4.69, 9.17) is 4.42 Å². The van der Waals surface area contributed by atoms with Crippen molar-refractivity contribution >= 4 is 28.3 Å². The molecule has 0 saturated heterocycles. The van der Waals surface area contributed by atoms with Crippen molar-refractivity contribution in [2.45, 2.75) is 26.8 Å². The van der Waals surface area contributed by atoms with E-state index >= 15 is 0 Å². The predicted octanol–water partition coefficient (Wildman–Crippen LogP) is 3.93. The van der Waals surface area contributed by atoms with Crippen molar-refractivity contribution in [2.24, 2.45) is 0 Å². The Balaban J connectivity index is 1.86. The van der Waals surface area contributed by atoms with Gasteiger partial charge >= 0.3 is 5.63 Å². The number of anilines is 2. The number of fused-ring (bicyclic) bond motifs is 1. The van der Waals surface area contributed by atoms with Gasteiger partial charge in [0.15, 0.2) is 0 Å². The number of amides is 1. The van der Waals surface area contributed by atoms with Crippen molar-refractivity contribution < 1.29 is 9.21 Å². The minimum absolute atomic E-state index is 0.115. The van der Waals surface area contributed by atoms with Crippen LogP contribution in [0.25, 0.3) is 11.0 Å². The molecule has 3 aromatic rings. The fourth-order valence-electron chi connectivity index (χ4n) is 2.75. The van der Waals surface area contributed by atoms with E-state index in [0.29, 0.717) is 12.1 Å². The molecule has 0 unspecified atom stereocenters. The minimum Gasteiger partial charge on any atom is -0.423 e. The van der Waals surface area contributed by atoms with Crippen molar-refractivity contribution in [1.82, 2.24) is 0 Å². The van der Waals surface area contributed by atoms with Crippen LogP contribution in [0.15, 0.2) is 57.7 Å². The maximum Gasteiger partial charge on any atom is 0.336 e. The monoisotopic (exact) mass is 336 g/mol. The third-order valence-corrected chi connectivity index (χ3v) is 3.97. The molecule has 2 aromatic carbocycles. The summed E-state index contributed by atoms with van der Waals surface area (Å²) in [6, 6.07) is 14.9. The predicted molar refractivity (Wildman–Crippen MR) is 99.9 cm³/mol. The molecule has 0 radical (unpaired) electrons. The molecular weight excluding hydrogens is 316 g/mol. The molecule has 2 N–H and O–H groups in total. The highest BCUT2D eigenvalue weighted by molar-refractivity contribution is 5.89. The zero-order valence-corrected chi connectivity index (χ0v) is 14.3. The summed E-state index contributed by atoms with van der Waals surface area (Å²) in [6.07, 6.45) is 0.887. The van der Waals surface area contributed by atoms with Crippen LogP contribution in [0.4, 0.5) is 11.4 Å². The molecule has 3 rings (SSSR count). The second kappa shape index (κ2) is 7.21. The average molecular weight is 336 g/mol. The normalized spacial score (nSPS) is 10.6. The number of hydrogen-bond donors (Lipinski definition) is 2. The number of carbonyl (C=O) groups excluding carboxylic acids is 1. The van der Waals surface area contributed by atoms with Crippen LogP contribution in [0.5, 0.6) is 0 Å². The van der Waals surface area contributed by atoms with E-state index in [-0.39, 0.29) is 11.5 Å². The summed E-state index contributed by atoms with van der Waals surface area (Å²) in [6.45, 7) is 4.02. The molecule has 0 saturated carbocycles. The Labute approximate surface area is 145 Å². The van der Waals surface area contributed by atoms with Crippen LogP contribution < -0.4 is 16.3 Å². The number of nitrogens with one attached hydrogen (secondary N) is 2. The Hall–Kier alpha value is -3.08. The molecule has 1 amide bonds. The SMILES string of the molecule is CCc1ccc2c(CNc3cccc(NC(C)=O)c3)cc(=O)oc2c1. The lowest BCUT2D eigenvalue weighted by Gasteiger charge is -2.11. The van der Waals surface area contributed by atoms with Crippen LogP contribution >= 0.6 is 0 Å². The Morgan fingerprint density at radius 3 is 2.64 bits per heavy atom. The molecule has 1 heterocycles. The van der Waals surface area contributed by atoms with Crippen LogP contribution in [0, 0.1) is 0 Å². The van der Waals surface area contributed by atoms with Crippen molar-refractivity contribution in [3.05, 3.63) is 70.1 Å². The summed E-state index contributed by atoms with van der Waals surface area (Å²) in [5.41, 5.74) is 3.84. The molecule has 0 aliphatic rings. The van der Waals surface area contributed by atoms with Crippen LogP contribution in [0.2, 0.25) is 0 Å². The molecule has 0 aliphatic heterocycles. The molecule has 5 heteroatoms. The van der Waals surface area contributed by atoms with Gasteiger partial charge in [0, 0.05) is 36.3 Å². The number of hydrogen-bond acceptors (Lipinski definition) is 4. The maximum absolute atomic E-state index is 11.8. The van der Waals surface area contributed by atoms with Gasteiger partial charge in [0.1, 0.15) is 5.58 Å². The first-order valence-corrected chi connectivity index (χ1v) is 8.22. The minimum atomic E-state index is -0.357. The molecule has 0 fully saturated rings. The van der Waals surface area contributed by atoms with Crippen LogP contribution in [-0.4, -0.2) is 5.91 Å². The summed E-state index contributed by atoms with van der Waals surface area (Å²) >= 11 is 0. The average Bonchev–Trinajstić information content (AvgIpc) is 2.58. The van der Waals surface area contributed by atoms with Crippen LogP contribution in [-0.2, 0) is 17.8 Å². The van der Waals surface area contributed by atoms with E-state index in [1.165, 1.54) is 13.0 Å². The maximum atomic E-state index is 11.8. The molecule has 0 atom stereocenters. The van der Waals surface area contributed by atoms with Gasteiger partial charge in [-0.05, 0) is 41.8 Å². The van der Waals surface area contributed by atoms with Crippen LogP contribution in [0.3, 0.4) is 0 Å². The summed E-state index contributed by atoms with van der Waals surface area (Å²) in [4.78, 5) is 23.0. The third-order valence-electron chi connectivity index (χ3n) is 3.97. The largest absolute Gasteiger partial charge is 0.423 e. The molecule has 0 aliphatic carbocycles. The highest BCUT2D eigenvalue weighted by Gasteiger charge is 2.07. The summed E-state index contributed by atoms with van der Waals surface area (Å²) < 4.78 is 5.33. The highest BCUT2D eigenvalue weighted by atomic mass is 16.4. The van der Waals surface area contributed by atoms with Gasteiger partial charge in [0.25, 0.3) is 0 Å². The van der Waals surface area contributed by atoms with Gasteiger partial charge in [-0.15, -0.1) is 0 Å². The fraction of sp³-hybridized carbons (Fsp3) is 0.200. The van der Waals surface area contributed by atoms with Gasteiger partial charge in [0.05, 0.1) is 0 Å². The van der Waals surface area contributed by atoms with E-state index in [0.717, 1.165) is 34.3 Å². The first-order chi connectivity index (χ1) is 12.0. The summed E-state index contributed by atoms with van der Waals surface area (Å²) in [7, 11) is 0. The van der Waals surface area contributed by atoms with E-state index in [2.05, 4.69) is 17.6 Å². The van der Waals surface area contributed by atoms with Gasteiger partial charge in [-0.2, -0.15) is 0 Å². The number of rotatable bonds is 5. The zero-order chi connectivity index (χ0) is 17.8. The summed E-state index contributed by atoms with van der Waals surface area (Å²) in [5, 5.41) is 6.96.